The van der Waals surface area contributed by atoms with Crippen LogP contribution in [0, 0.1) is 0 Å². The average molecular weight is 523 g/mol. The Kier molecular flexibility index (Phi) is 7.12. The van der Waals surface area contributed by atoms with Crippen molar-refractivity contribution in [1.29, 1.82) is 0 Å². The van der Waals surface area contributed by atoms with Crippen LogP contribution in [-0.4, -0.2) is 30.0 Å². The standard InChI is InChI=1S/C25H25F3N2O5S/c1-3-6-17-19(8-7-16-18(25(26,27)28)13-20(31)35-21(16)17)34-11-5-4-10-30-22(32)24(2,29-23(30)33)15-9-12-36-14-15/h7-9,12-14H,3-6,10-11H2,1-2H3,(H,29,33). The minimum absolute atomic E-state index is 0.124. The molecule has 3 heterocycles. The predicted molar refractivity (Wildman–Crippen MR) is 128 cm³/mol. The molecule has 0 saturated carbocycles. The Hall–Kier alpha value is -3.34. The molecular weight excluding hydrogens is 497 g/mol. The van der Waals surface area contributed by atoms with E-state index in [1.165, 1.54) is 28.4 Å². The number of halogens is 3. The summed E-state index contributed by atoms with van der Waals surface area (Å²) in [5.74, 6) is 0.0222. The molecule has 1 fully saturated rings. The number of unbranched alkanes of at least 4 members (excludes halogenated alkanes) is 1. The summed E-state index contributed by atoms with van der Waals surface area (Å²) in [5, 5.41) is 6.23. The maximum absolute atomic E-state index is 13.4. The first-order valence-electron chi connectivity index (χ1n) is 11.5. The van der Waals surface area contributed by atoms with E-state index in [-0.39, 0.29) is 30.0 Å². The fourth-order valence-electron chi connectivity index (χ4n) is 4.32. The third-order valence-electron chi connectivity index (χ3n) is 6.19. The quantitative estimate of drug-likeness (QED) is 0.229. The summed E-state index contributed by atoms with van der Waals surface area (Å²) < 4.78 is 51.3. The smallest absolute Gasteiger partial charge is 0.417 e. The number of hydrogen-bond donors (Lipinski definition) is 1. The second kappa shape index (κ2) is 9.96. The number of benzene rings is 1. The van der Waals surface area contributed by atoms with E-state index in [0.29, 0.717) is 43.1 Å². The van der Waals surface area contributed by atoms with Gasteiger partial charge in [-0.3, -0.25) is 9.69 Å². The Morgan fingerprint density at radius 1 is 1.17 bits per heavy atom. The SMILES string of the molecule is CCCc1c(OCCCCN2C(=O)NC(C)(c3ccsc3)C2=O)ccc2c(C(F)(F)F)cc(=O)oc12. The van der Waals surface area contributed by atoms with E-state index in [4.69, 9.17) is 9.15 Å². The van der Waals surface area contributed by atoms with Gasteiger partial charge < -0.3 is 14.5 Å². The highest BCUT2D eigenvalue weighted by molar-refractivity contribution is 7.08. The molecule has 1 aliphatic rings. The van der Waals surface area contributed by atoms with Gasteiger partial charge in [0.15, 0.2) is 0 Å². The molecule has 11 heteroatoms. The van der Waals surface area contributed by atoms with Crippen LogP contribution < -0.4 is 15.7 Å². The number of fused-ring (bicyclic) bond motifs is 1. The van der Waals surface area contributed by atoms with E-state index in [2.05, 4.69) is 5.32 Å². The number of thiophene rings is 1. The van der Waals surface area contributed by atoms with Crippen LogP contribution in [0.15, 0.2) is 44.2 Å². The Labute approximate surface area is 208 Å². The van der Waals surface area contributed by atoms with E-state index >= 15 is 0 Å². The molecule has 0 spiro atoms. The summed E-state index contributed by atoms with van der Waals surface area (Å²) in [4.78, 5) is 38.3. The van der Waals surface area contributed by atoms with Gasteiger partial charge in [-0.1, -0.05) is 13.3 Å². The first-order valence-corrected chi connectivity index (χ1v) is 12.5. The number of alkyl halides is 3. The zero-order valence-electron chi connectivity index (χ0n) is 19.7. The largest absolute Gasteiger partial charge is 0.493 e. The minimum Gasteiger partial charge on any atom is -0.493 e. The highest BCUT2D eigenvalue weighted by Crippen LogP contribution is 2.37. The fraction of sp³-hybridized carbons (Fsp3) is 0.400. The number of urea groups is 1. The Bertz CT molecular complexity index is 1340. The number of hydrogen-bond acceptors (Lipinski definition) is 6. The first-order chi connectivity index (χ1) is 17.1. The fourth-order valence-corrected chi connectivity index (χ4v) is 5.08. The Balaban J connectivity index is 1.43. The molecule has 192 valence electrons. The number of aryl methyl sites for hydroxylation is 1. The van der Waals surface area contributed by atoms with Crippen molar-refractivity contribution in [1.82, 2.24) is 10.2 Å². The highest BCUT2D eigenvalue weighted by atomic mass is 32.1. The summed E-state index contributed by atoms with van der Waals surface area (Å²) in [5.41, 5.74) is -2.20. The van der Waals surface area contributed by atoms with Gasteiger partial charge in [0.25, 0.3) is 5.91 Å². The lowest BCUT2D eigenvalue weighted by Gasteiger charge is -2.20. The summed E-state index contributed by atoms with van der Waals surface area (Å²) in [6.07, 6.45) is -2.77. The van der Waals surface area contributed by atoms with Crippen molar-refractivity contribution in [3.8, 4) is 5.75 Å². The molecule has 3 aromatic rings. The number of rotatable bonds is 9. The van der Waals surface area contributed by atoms with Crippen molar-refractivity contribution in [2.75, 3.05) is 13.2 Å². The van der Waals surface area contributed by atoms with E-state index in [1.807, 2.05) is 17.7 Å². The third-order valence-corrected chi connectivity index (χ3v) is 6.87. The molecule has 1 saturated heterocycles. The zero-order chi connectivity index (χ0) is 26.1. The molecule has 1 atom stereocenters. The topological polar surface area (TPSA) is 88.9 Å². The van der Waals surface area contributed by atoms with Gasteiger partial charge in [0.05, 0.1) is 12.2 Å². The summed E-state index contributed by atoms with van der Waals surface area (Å²) in [6, 6.07) is 4.50. The lowest BCUT2D eigenvalue weighted by molar-refractivity contribution is -0.136. The number of ether oxygens (including phenoxy) is 1. The van der Waals surface area contributed by atoms with Crippen molar-refractivity contribution in [2.45, 2.75) is 51.2 Å². The minimum atomic E-state index is -4.70. The molecule has 0 aliphatic carbocycles. The van der Waals surface area contributed by atoms with E-state index < -0.39 is 28.9 Å². The number of carbonyl (C=O) groups excluding carboxylic acids is 2. The van der Waals surface area contributed by atoms with Crippen LogP contribution >= 0.6 is 11.3 Å². The van der Waals surface area contributed by atoms with Crippen molar-refractivity contribution in [3.63, 3.8) is 0 Å². The van der Waals surface area contributed by atoms with Gasteiger partial charge in [0.1, 0.15) is 16.9 Å². The maximum atomic E-state index is 13.4. The number of imide groups is 1. The van der Waals surface area contributed by atoms with Gasteiger partial charge in [-0.15, -0.1) is 0 Å². The summed E-state index contributed by atoms with van der Waals surface area (Å²) in [6.45, 7) is 3.94. The molecule has 1 unspecified atom stereocenters. The van der Waals surface area contributed by atoms with E-state index in [1.54, 1.807) is 13.0 Å². The molecule has 4 rings (SSSR count). The van der Waals surface area contributed by atoms with Crippen LogP contribution in [0.1, 0.15) is 49.8 Å². The van der Waals surface area contributed by atoms with Crippen LogP contribution in [0.2, 0.25) is 0 Å². The molecular formula is C25H25F3N2O5S. The molecule has 36 heavy (non-hydrogen) atoms. The zero-order valence-corrected chi connectivity index (χ0v) is 20.6. The van der Waals surface area contributed by atoms with Gasteiger partial charge in [0, 0.05) is 23.6 Å². The third kappa shape index (κ3) is 4.84. The van der Waals surface area contributed by atoms with Gasteiger partial charge in [0.2, 0.25) is 0 Å². The molecule has 3 amide bonds. The van der Waals surface area contributed by atoms with Gasteiger partial charge in [-0.25, -0.2) is 9.59 Å². The molecule has 7 nitrogen and oxygen atoms in total. The number of amides is 3. The first kappa shape index (κ1) is 25.7. The Morgan fingerprint density at radius 2 is 1.94 bits per heavy atom. The summed E-state index contributed by atoms with van der Waals surface area (Å²) in [7, 11) is 0. The maximum Gasteiger partial charge on any atom is 0.417 e. The molecule has 1 aliphatic heterocycles. The average Bonchev–Trinajstić information content (AvgIpc) is 3.43. The lowest BCUT2D eigenvalue weighted by Crippen LogP contribution is -2.40. The van der Waals surface area contributed by atoms with E-state index in [9.17, 15) is 27.6 Å². The van der Waals surface area contributed by atoms with Crippen molar-refractivity contribution >= 4 is 34.2 Å². The van der Waals surface area contributed by atoms with Crippen molar-refractivity contribution < 1.29 is 31.9 Å². The summed E-state index contributed by atoms with van der Waals surface area (Å²) >= 11 is 1.44. The highest BCUT2D eigenvalue weighted by Gasteiger charge is 2.48. The van der Waals surface area contributed by atoms with Crippen LogP contribution in [0.25, 0.3) is 11.0 Å². The van der Waals surface area contributed by atoms with Crippen LogP contribution in [-0.2, 0) is 22.9 Å². The number of nitrogens with zero attached hydrogens (tertiary/aromatic N) is 1. The van der Waals surface area contributed by atoms with Crippen molar-refractivity contribution in [3.05, 3.63) is 62.1 Å². The normalized spacial score (nSPS) is 18.2. The van der Waals surface area contributed by atoms with Gasteiger partial charge >= 0.3 is 17.8 Å². The second-order valence-corrected chi connectivity index (χ2v) is 9.51. The molecule has 2 aromatic heterocycles. The van der Waals surface area contributed by atoms with Crippen LogP contribution in [0.5, 0.6) is 5.75 Å². The monoisotopic (exact) mass is 522 g/mol. The second-order valence-electron chi connectivity index (χ2n) is 8.73. The van der Waals surface area contributed by atoms with Crippen LogP contribution in [0.3, 0.4) is 0 Å². The molecule has 0 bridgehead atoms. The number of nitrogens with one attached hydrogen (secondary N) is 1. The molecule has 1 aromatic carbocycles. The number of carbonyl (C=O) groups is 2. The van der Waals surface area contributed by atoms with Gasteiger partial charge in [-0.05, 0) is 60.7 Å². The van der Waals surface area contributed by atoms with Crippen LogP contribution in [0.4, 0.5) is 18.0 Å². The molecule has 0 radical (unpaired) electrons. The van der Waals surface area contributed by atoms with Gasteiger partial charge in [-0.2, -0.15) is 24.5 Å². The van der Waals surface area contributed by atoms with Crippen molar-refractivity contribution in [2.24, 2.45) is 0 Å². The lowest BCUT2D eigenvalue weighted by atomic mass is 9.95. The molecule has 1 N–H and O–H groups in total. The van der Waals surface area contributed by atoms with E-state index in [0.717, 1.165) is 5.56 Å². The Morgan fingerprint density at radius 3 is 2.61 bits per heavy atom. The predicted octanol–water partition coefficient (Wildman–Crippen LogP) is 5.45.